The van der Waals surface area contributed by atoms with Gasteiger partial charge in [0.1, 0.15) is 0 Å². The van der Waals surface area contributed by atoms with E-state index in [9.17, 15) is 4.79 Å². The van der Waals surface area contributed by atoms with Crippen LogP contribution in [0.25, 0.3) is 32.3 Å². The molecule has 0 radical (unpaired) electrons. The first kappa shape index (κ1) is 12.1. The molecule has 0 aliphatic heterocycles. The Balaban J connectivity index is 2.33. The quantitative estimate of drug-likeness (QED) is 0.200. The molecule has 0 saturated carbocycles. The Kier molecular flexibility index (Phi) is 2.55. The normalized spacial score (nSPS) is 11.3. The molecule has 0 heterocycles. The summed E-state index contributed by atoms with van der Waals surface area (Å²) in [6.07, 6.45) is 0. The zero-order valence-corrected chi connectivity index (χ0v) is 11.8. The summed E-state index contributed by atoms with van der Waals surface area (Å²) in [7, 11) is 0. The Bertz CT molecular complexity index is 1010. The van der Waals surface area contributed by atoms with E-state index in [-0.39, 0.29) is 0 Å². The molecule has 0 amide bonds. The Hall–Kier alpha value is -2.67. The van der Waals surface area contributed by atoms with Crippen LogP contribution in [-0.2, 0) is 0 Å². The molecule has 0 unspecified atom stereocenters. The molecular weight excluding hydrogens is 256 g/mol. The van der Waals surface area contributed by atoms with Crippen LogP contribution in [-0.4, -0.2) is 10.6 Å². The number of benzene rings is 4. The first-order chi connectivity index (χ1) is 10.3. The SMILES string of the molecule is CC(=[OH+])c1c2ccccc2cc2c1ccc1ccccc12. The molecule has 0 aliphatic carbocycles. The molecule has 0 saturated heterocycles. The maximum Gasteiger partial charge on any atom is 0.321 e. The lowest BCUT2D eigenvalue weighted by atomic mass is 9.92. The van der Waals surface area contributed by atoms with Crippen LogP contribution in [0.4, 0.5) is 0 Å². The lowest BCUT2D eigenvalue weighted by Gasteiger charge is -2.09. The van der Waals surface area contributed by atoms with Crippen LogP contribution >= 0.6 is 0 Å². The second kappa shape index (κ2) is 4.42. The third-order valence-electron chi connectivity index (χ3n) is 4.13. The Labute approximate surface area is 122 Å². The van der Waals surface area contributed by atoms with E-state index < -0.39 is 0 Å². The van der Waals surface area contributed by atoms with Gasteiger partial charge in [-0.2, -0.15) is 0 Å². The molecule has 1 N–H and O–H groups in total. The lowest BCUT2D eigenvalue weighted by Crippen LogP contribution is -1.97. The minimum absolute atomic E-state index is 0.368. The second-order valence-electron chi connectivity index (χ2n) is 5.44. The maximum atomic E-state index is 10.2. The Morgan fingerprint density at radius 2 is 1.33 bits per heavy atom. The monoisotopic (exact) mass is 271 g/mol. The standard InChI is InChI=1S/C20H14O/c1-13(21)20-17-9-5-3-7-15(17)12-19-16-8-4-2-6-14(16)10-11-18(19)20/h2-12H,1H3/p+1. The van der Waals surface area contributed by atoms with Crippen LogP contribution in [0.2, 0.25) is 0 Å². The van der Waals surface area contributed by atoms with Crippen molar-refractivity contribution in [2.24, 2.45) is 0 Å². The van der Waals surface area contributed by atoms with Crippen molar-refractivity contribution in [2.45, 2.75) is 6.92 Å². The third kappa shape index (κ3) is 1.74. The fraction of sp³-hybridized carbons (Fsp3) is 0.0500. The van der Waals surface area contributed by atoms with Gasteiger partial charge in [0.05, 0.1) is 12.5 Å². The van der Waals surface area contributed by atoms with Gasteiger partial charge in [-0.3, -0.25) is 4.79 Å². The number of carbonyl (C=O) groups excluding carboxylic acids is 1. The molecule has 4 aromatic carbocycles. The second-order valence-corrected chi connectivity index (χ2v) is 5.44. The van der Waals surface area contributed by atoms with Gasteiger partial charge in [-0.25, -0.2) is 0 Å². The molecule has 0 atom stereocenters. The summed E-state index contributed by atoms with van der Waals surface area (Å²) in [6.45, 7) is 1.76. The van der Waals surface area contributed by atoms with Gasteiger partial charge >= 0.3 is 5.78 Å². The molecule has 4 rings (SSSR count). The van der Waals surface area contributed by atoms with Crippen molar-refractivity contribution >= 4 is 38.1 Å². The highest BCUT2D eigenvalue weighted by Crippen LogP contribution is 2.33. The number of ketones is 1. The topological polar surface area (TPSA) is 21.4 Å². The van der Waals surface area contributed by atoms with Crippen LogP contribution < -0.4 is 0 Å². The van der Waals surface area contributed by atoms with E-state index in [4.69, 9.17) is 0 Å². The van der Waals surface area contributed by atoms with Crippen molar-refractivity contribution in [3.8, 4) is 0 Å². The average molecular weight is 271 g/mol. The molecule has 0 aliphatic rings. The van der Waals surface area contributed by atoms with Gasteiger partial charge in [0, 0.05) is 0 Å². The molecule has 0 bridgehead atoms. The smallest absolute Gasteiger partial charge is 0.278 e. The van der Waals surface area contributed by atoms with Crippen molar-refractivity contribution in [1.82, 2.24) is 0 Å². The lowest BCUT2D eigenvalue weighted by molar-refractivity contribution is 0.676. The molecular formula is C20H15O+. The van der Waals surface area contributed by atoms with E-state index in [1.165, 1.54) is 16.2 Å². The number of hydrogen-bond acceptors (Lipinski definition) is 0. The summed E-state index contributed by atoms with van der Waals surface area (Å²) in [5.74, 6) is 0.368. The Morgan fingerprint density at radius 1 is 0.667 bits per heavy atom. The van der Waals surface area contributed by atoms with Crippen molar-refractivity contribution < 1.29 is 4.79 Å². The molecule has 1 heteroatoms. The highest BCUT2D eigenvalue weighted by Gasteiger charge is 2.16. The number of rotatable bonds is 1. The van der Waals surface area contributed by atoms with E-state index in [1.54, 1.807) is 6.92 Å². The van der Waals surface area contributed by atoms with Crippen LogP contribution in [0.1, 0.15) is 12.5 Å². The zero-order valence-electron chi connectivity index (χ0n) is 11.8. The molecule has 0 aromatic heterocycles. The van der Waals surface area contributed by atoms with E-state index in [1.807, 2.05) is 12.1 Å². The van der Waals surface area contributed by atoms with Gasteiger partial charge in [-0.15, -0.1) is 0 Å². The van der Waals surface area contributed by atoms with E-state index >= 15 is 0 Å². The summed E-state index contributed by atoms with van der Waals surface area (Å²) < 4.78 is 0. The largest absolute Gasteiger partial charge is 0.321 e. The van der Waals surface area contributed by atoms with Gasteiger partial charge in [0.25, 0.3) is 0 Å². The summed E-state index contributed by atoms with van der Waals surface area (Å²) in [4.78, 5) is 10.2. The molecule has 4 aromatic rings. The fourth-order valence-corrected chi connectivity index (χ4v) is 3.21. The zero-order chi connectivity index (χ0) is 14.4. The first-order valence-electron chi connectivity index (χ1n) is 7.12. The van der Waals surface area contributed by atoms with Gasteiger partial charge in [-0.1, -0.05) is 60.7 Å². The van der Waals surface area contributed by atoms with Gasteiger partial charge in [0.2, 0.25) is 0 Å². The molecule has 1 nitrogen and oxygen atoms in total. The van der Waals surface area contributed by atoms with Gasteiger partial charge in [-0.05, 0) is 38.4 Å². The summed E-state index contributed by atoms with van der Waals surface area (Å²) in [5.41, 5.74) is 0.939. The van der Waals surface area contributed by atoms with Gasteiger partial charge < -0.3 is 0 Å². The highest BCUT2D eigenvalue weighted by molar-refractivity contribution is 6.23. The summed E-state index contributed by atoms with van der Waals surface area (Å²) in [5, 5.41) is 7.00. The predicted octanol–water partition coefficient (Wildman–Crippen LogP) is 5.06. The van der Waals surface area contributed by atoms with Crippen molar-refractivity contribution in [3.05, 3.63) is 72.3 Å². The average Bonchev–Trinajstić information content (AvgIpc) is 2.52. The minimum Gasteiger partial charge on any atom is -0.278 e. The predicted molar refractivity (Wildman–Crippen MR) is 90.7 cm³/mol. The van der Waals surface area contributed by atoms with Crippen LogP contribution in [0.3, 0.4) is 0 Å². The van der Waals surface area contributed by atoms with E-state index in [2.05, 4.69) is 54.6 Å². The fourth-order valence-electron chi connectivity index (χ4n) is 3.21. The van der Waals surface area contributed by atoms with Crippen molar-refractivity contribution in [2.75, 3.05) is 0 Å². The first-order valence-corrected chi connectivity index (χ1v) is 7.12. The maximum absolute atomic E-state index is 10.2. The minimum atomic E-state index is 0.368. The van der Waals surface area contributed by atoms with E-state index in [0.29, 0.717) is 5.78 Å². The number of fused-ring (bicyclic) bond motifs is 4. The summed E-state index contributed by atoms with van der Waals surface area (Å²) >= 11 is 0. The number of hydrogen-bond donors (Lipinski definition) is 0. The Morgan fingerprint density at radius 3 is 2.10 bits per heavy atom. The third-order valence-corrected chi connectivity index (χ3v) is 4.13. The van der Waals surface area contributed by atoms with Crippen LogP contribution in [0.5, 0.6) is 0 Å². The molecule has 21 heavy (non-hydrogen) atoms. The highest BCUT2D eigenvalue weighted by atomic mass is 16.1. The van der Waals surface area contributed by atoms with Crippen LogP contribution in [0.15, 0.2) is 66.7 Å². The van der Waals surface area contributed by atoms with Crippen molar-refractivity contribution in [1.29, 1.82) is 0 Å². The summed E-state index contributed by atoms with van der Waals surface area (Å²) in [6, 6.07) is 23.1. The molecule has 0 fully saturated rings. The van der Waals surface area contributed by atoms with Gasteiger partial charge in [0.15, 0.2) is 0 Å². The van der Waals surface area contributed by atoms with Crippen LogP contribution in [0, 0.1) is 0 Å². The van der Waals surface area contributed by atoms with Crippen molar-refractivity contribution in [3.63, 3.8) is 0 Å². The molecule has 100 valence electrons. The molecule has 0 spiro atoms. The van der Waals surface area contributed by atoms with E-state index in [0.717, 1.165) is 21.7 Å².